The predicted molar refractivity (Wildman–Crippen MR) is 102 cm³/mol. The summed E-state index contributed by atoms with van der Waals surface area (Å²) in [6.07, 6.45) is 14.6. The second-order valence-electron chi connectivity index (χ2n) is 6.48. The topological polar surface area (TPSA) is 12.0 Å². The minimum absolute atomic E-state index is 0.429. The largest absolute Gasteiger partial charge is 0.385 e. The van der Waals surface area contributed by atoms with Gasteiger partial charge in [-0.2, -0.15) is 0 Å². The second-order valence-corrected chi connectivity index (χ2v) is 6.48. The Morgan fingerprint density at radius 3 is 2.18 bits per heavy atom. The Labute approximate surface area is 140 Å². The third kappa shape index (κ3) is 7.87. The molecule has 0 bridgehead atoms. The molecule has 0 aliphatic heterocycles. The monoisotopic (exact) mass is 305 g/mol. The van der Waals surface area contributed by atoms with Crippen molar-refractivity contribution in [1.29, 1.82) is 0 Å². The fourth-order valence-electron chi connectivity index (χ4n) is 2.93. The lowest BCUT2D eigenvalue weighted by Gasteiger charge is -2.28. The molecule has 22 heavy (non-hydrogen) atoms. The molecule has 1 aliphatic carbocycles. The Hall–Kier alpha value is -0.980. The van der Waals surface area contributed by atoms with E-state index < -0.39 is 0 Å². The quantitative estimate of drug-likeness (QED) is 0.520. The maximum Gasteiger partial charge on any atom is 0.0258 e. The first kappa shape index (κ1) is 21.0. The lowest BCUT2D eigenvalue weighted by molar-refractivity contribution is 0.387. The molecule has 1 rings (SSSR count). The first-order valence-corrected chi connectivity index (χ1v) is 9.33. The van der Waals surface area contributed by atoms with Crippen molar-refractivity contribution in [2.45, 2.75) is 86.1 Å². The van der Waals surface area contributed by atoms with Crippen LogP contribution >= 0.6 is 0 Å². The van der Waals surface area contributed by atoms with Gasteiger partial charge < -0.3 is 5.32 Å². The van der Waals surface area contributed by atoms with Crippen LogP contribution in [-0.2, 0) is 0 Å². The summed E-state index contributed by atoms with van der Waals surface area (Å²) in [6.45, 7) is 17.0. The van der Waals surface area contributed by atoms with E-state index >= 15 is 0 Å². The van der Waals surface area contributed by atoms with Gasteiger partial charge in [0.05, 0.1) is 0 Å². The Balaban J connectivity index is 0.00000211. The van der Waals surface area contributed by atoms with E-state index in [4.69, 9.17) is 0 Å². The molecule has 1 unspecified atom stereocenters. The summed E-state index contributed by atoms with van der Waals surface area (Å²) in [5.74, 6) is 1.13. The van der Waals surface area contributed by atoms with Crippen LogP contribution in [0.1, 0.15) is 80.1 Å². The highest BCUT2D eigenvalue weighted by Gasteiger charge is 2.17. The minimum Gasteiger partial charge on any atom is -0.385 e. The lowest BCUT2D eigenvalue weighted by Crippen LogP contribution is -2.32. The molecule has 0 aromatic carbocycles. The third-order valence-electron chi connectivity index (χ3n) is 4.31. The van der Waals surface area contributed by atoms with E-state index in [0.717, 1.165) is 6.42 Å². The average molecular weight is 306 g/mol. The molecule has 0 radical (unpaired) electrons. The molecule has 0 heterocycles. The van der Waals surface area contributed by atoms with Gasteiger partial charge in [0.25, 0.3) is 0 Å². The van der Waals surface area contributed by atoms with Crippen LogP contribution in [0.25, 0.3) is 0 Å². The summed E-state index contributed by atoms with van der Waals surface area (Å²) in [6, 6.07) is 0.675. The highest BCUT2D eigenvalue weighted by Crippen LogP contribution is 2.24. The van der Waals surface area contributed by atoms with Crippen molar-refractivity contribution in [1.82, 2.24) is 5.32 Å². The van der Waals surface area contributed by atoms with Gasteiger partial charge in [0.1, 0.15) is 0 Å². The molecule has 1 nitrogen and oxygen atoms in total. The molecule has 1 heteroatoms. The molecule has 0 amide bonds. The zero-order valence-electron chi connectivity index (χ0n) is 15.9. The average Bonchev–Trinajstić information content (AvgIpc) is 2.55. The number of hydrogen-bond acceptors (Lipinski definition) is 1. The van der Waals surface area contributed by atoms with Crippen LogP contribution in [-0.4, -0.2) is 6.04 Å². The Bertz CT molecular complexity index is 343. The maximum absolute atomic E-state index is 4.00. The van der Waals surface area contributed by atoms with Crippen LogP contribution in [0.2, 0.25) is 0 Å². The predicted octanol–water partition coefficient (Wildman–Crippen LogP) is 6.63. The first-order valence-electron chi connectivity index (χ1n) is 9.33. The molecule has 0 spiro atoms. The van der Waals surface area contributed by atoms with Gasteiger partial charge in [-0.1, -0.05) is 78.7 Å². The number of hydrogen-bond donors (Lipinski definition) is 1. The molecule has 128 valence electrons. The van der Waals surface area contributed by atoms with Crippen LogP contribution < -0.4 is 5.32 Å². The summed E-state index contributed by atoms with van der Waals surface area (Å²) in [7, 11) is 0. The van der Waals surface area contributed by atoms with Gasteiger partial charge in [-0.25, -0.2) is 0 Å². The van der Waals surface area contributed by atoms with Crippen molar-refractivity contribution < 1.29 is 0 Å². The van der Waals surface area contributed by atoms with E-state index in [-0.39, 0.29) is 0 Å². The van der Waals surface area contributed by atoms with Gasteiger partial charge in [0.2, 0.25) is 0 Å². The fourth-order valence-corrected chi connectivity index (χ4v) is 2.93. The molecule has 1 saturated carbocycles. The first-order chi connectivity index (χ1) is 10.6. The number of nitrogens with one attached hydrogen (secondary N) is 1. The molecular weight excluding hydrogens is 266 g/mol. The van der Waals surface area contributed by atoms with Gasteiger partial charge in [-0.05, 0) is 37.7 Å². The van der Waals surface area contributed by atoms with Gasteiger partial charge in [0, 0.05) is 17.7 Å². The highest BCUT2D eigenvalue weighted by molar-refractivity contribution is 5.27. The second kappa shape index (κ2) is 12.6. The molecule has 0 aromatic rings. The standard InChI is InChI=1S/C19H33N.C2H6/c1-6-17(14-13-15(3)4)16(5)19(7-2)20-18-11-9-8-10-12-18;1-2/h6-7,14-16,18,20H,1,8-13H2,2-5H3;1-2H3/b17-14+,19-7-;. The Morgan fingerprint density at radius 1 is 1.14 bits per heavy atom. The van der Waals surface area contributed by atoms with Crippen molar-refractivity contribution in [2.24, 2.45) is 11.8 Å². The van der Waals surface area contributed by atoms with E-state index in [2.05, 4.69) is 51.7 Å². The van der Waals surface area contributed by atoms with Crippen LogP contribution in [0.5, 0.6) is 0 Å². The van der Waals surface area contributed by atoms with Gasteiger partial charge in [-0.3, -0.25) is 0 Å². The maximum atomic E-state index is 4.00. The van der Waals surface area contributed by atoms with Gasteiger partial charge >= 0.3 is 0 Å². The molecular formula is C21H39N. The smallest absolute Gasteiger partial charge is 0.0258 e. The van der Waals surface area contributed by atoms with E-state index in [0.29, 0.717) is 17.9 Å². The number of rotatable bonds is 7. The van der Waals surface area contributed by atoms with E-state index in [1.807, 2.05) is 19.9 Å². The normalized spacial score (nSPS) is 18.5. The summed E-state index contributed by atoms with van der Waals surface area (Å²) in [4.78, 5) is 0. The van der Waals surface area contributed by atoms with Crippen LogP contribution in [0.3, 0.4) is 0 Å². The third-order valence-corrected chi connectivity index (χ3v) is 4.31. The minimum atomic E-state index is 0.429. The summed E-state index contributed by atoms with van der Waals surface area (Å²) >= 11 is 0. The summed E-state index contributed by atoms with van der Waals surface area (Å²) in [5.41, 5.74) is 2.72. The van der Waals surface area contributed by atoms with Crippen LogP contribution in [0.15, 0.2) is 36.1 Å². The molecule has 0 saturated heterocycles. The highest BCUT2D eigenvalue weighted by atomic mass is 14.9. The summed E-state index contributed by atoms with van der Waals surface area (Å²) in [5, 5.41) is 3.78. The molecule has 1 atom stereocenters. The molecule has 1 aliphatic rings. The Morgan fingerprint density at radius 2 is 1.73 bits per heavy atom. The Kier molecular flexibility index (Phi) is 12.0. The molecule has 0 aromatic heterocycles. The van der Waals surface area contributed by atoms with Crippen molar-refractivity contribution >= 4 is 0 Å². The fraction of sp³-hybridized carbons (Fsp3) is 0.714. The summed E-state index contributed by atoms with van der Waals surface area (Å²) < 4.78 is 0. The zero-order valence-corrected chi connectivity index (χ0v) is 15.9. The van der Waals surface area contributed by atoms with E-state index in [1.165, 1.54) is 43.4 Å². The zero-order chi connectivity index (χ0) is 17.0. The van der Waals surface area contributed by atoms with E-state index in [1.54, 1.807) is 0 Å². The number of allylic oxidation sites excluding steroid dienone is 4. The van der Waals surface area contributed by atoms with Crippen LogP contribution in [0, 0.1) is 11.8 Å². The molecule has 1 N–H and O–H groups in total. The van der Waals surface area contributed by atoms with Crippen molar-refractivity contribution in [2.75, 3.05) is 0 Å². The van der Waals surface area contributed by atoms with Crippen molar-refractivity contribution in [3.05, 3.63) is 36.1 Å². The molecule has 1 fully saturated rings. The van der Waals surface area contributed by atoms with Gasteiger partial charge in [-0.15, -0.1) is 0 Å². The van der Waals surface area contributed by atoms with Crippen LogP contribution in [0.4, 0.5) is 0 Å². The van der Waals surface area contributed by atoms with Gasteiger partial charge in [0.15, 0.2) is 0 Å². The SMILES string of the molecule is C=C/C(=C\CC(C)C)C(C)/C(=C/C)NC1CCCCC1.CC. The lowest BCUT2D eigenvalue weighted by atomic mass is 9.91. The van der Waals surface area contributed by atoms with Crippen molar-refractivity contribution in [3.8, 4) is 0 Å². The van der Waals surface area contributed by atoms with Crippen molar-refractivity contribution in [3.63, 3.8) is 0 Å². The van der Waals surface area contributed by atoms with E-state index in [9.17, 15) is 0 Å².